The molecule has 0 radical (unpaired) electrons. The van der Waals surface area contributed by atoms with Crippen molar-refractivity contribution >= 4 is 27.0 Å². The summed E-state index contributed by atoms with van der Waals surface area (Å²) in [5.74, 6) is 1.69. The molecule has 106 valence electrons. The maximum absolute atomic E-state index is 11.7. The average Bonchev–Trinajstić information content (AvgIpc) is 2.21. The van der Waals surface area contributed by atoms with Gasteiger partial charge in [-0.25, -0.2) is 0 Å². The van der Waals surface area contributed by atoms with E-state index in [1.54, 1.807) is 27.7 Å². The summed E-state index contributed by atoms with van der Waals surface area (Å²) in [6.45, 7) is 7.39. The molecular formula is C12H23NO4Se. The molecule has 0 aromatic heterocycles. The first-order chi connectivity index (χ1) is 8.30. The molecule has 1 amide bonds. The van der Waals surface area contributed by atoms with Gasteiger partial charge in [-0.05, 0) is 0 Å². The number of rotatable bonds is 6. The van der Waals surface area contributed by atoms with Crippen LogP contribution in [0.4, 0.5) is 4.79 Å². The van der Waals surface area contributed by atoms with Gasteiger partial charge in [0.2, 0.25) is 0 Å². The Morgan fingerprint density at radius 2 is 1.94 bits per heavy atom. The van der Waals surface area contributed by atoms with E-state index in [9.17, 15) is 9.59 Å². The molecule has 1 unspecified atom stereocenters. The normalized spacial score (nSPS) is 12.7. The summed E-state index contributed by atoms with van der Waals surface area (Å²) >= 11 is 0.459. The number of amides is 1. The zero-order valence-electron chi connectivity index (χ0n) is 11.7. The van der Waals surface area contributed by atoms with E-state index < -0.39 is 23.7 Å². The van der Waals surface area contributed by atoms with Gasteiger partial charge in [0.1, 0.15) is 0 Å². The molecule has 0 aliphatic carbocycles. The van der Waals surface area contributed by atoms with E-state index in [1.807, 2.05) is 0 Å². The number of alkyl carbamates (subject to hydrolysis) is 1. The Morgan fingerprint density at radius 1 is 1.33 bits per heavy atom. The van der Waals surface area contributed by atoms with Gasteiger partial charge in [-0.15, -0.1) is 0 Å². The van der Waals surface area contributed by atoms with Gasteiger partial charge in [0.05, 0.1) is 0 Å². The molecule has 0 aliphatic heterocycles. The van der Waals surface area contributed by atoms with Crippen LogP contribution in [-0.2, 0) is 14.3 Å². The van der Waals surface area contributed by atoms with E-state index in [0.717, 1.165) is 5.32 Å². The fourth-order valence-corrected chi connectivity index (χ4v) is 2.17. The second kappa shape index (κ2) is 8.38. The number of hydrogen-bond donors (Lipinski definition) is 1. The first-order valence-corrected chi connectivity index (χ1v) is 8.87. The Kier molecular flexibility index (Phi) is 8.03. The number of carbonyl (C=O) groups is 2. The fourth-order valence-electron chi connectivity index (χ4n) is 1.18. The standard InChI is InChI=1S/C12H23NO4Se/c1-6-16-10(14)9(7-8-18-5)13-11(15)17-12(2,3)4/h9H,6-8H2,1-5H3,(H,13,15)/i18-4. The van der Waals surface area contributed by atoms with Crippen LogP contribution >= 0.6 is 0 Å². The summed E-state index contributed by atoms with van der Waals surface area (Å²) in [6, 6.07) is -0.610. The zero-order valence-corrected chi connectivity index (χ0v) is 13.5. The molecule has 0 bridgehead atoms. The Hall–Kier alpha value is -0.741. The molecule has 0 heterocycles. The van der Waals surface area contributed by atoms with E-state index in [0.29, 0.717) is 28.0 Å². The summed E-state index contributed by atoms with van der Waals surface area (Å²) in [7, 11) is 0. The van der Waals surface area contributed by atoms with Crippen LogP contribution in [0.25, 0.3) is 0 Å². The van der Waals surface area contributed by atoms with Crippen LogP contribution in [0.3, 0.4) is 0 Å². The summed E-state index contributed by atoms with van der Waals surface area (Å²) in [5, 5.41) is 3.48. The van der Waals surface area contributed by atoms with Crippen molar-refractivity contribution in [3.8, 4) is 0 Å². The van der Waals surface area contributed by atoms with Crippen molar-refractivity contribution in [1.82, 2.24) is 5.32 Å². The predicted molar refractivity (Wildman–Crippen MR) is 70.8 cm³/mol. The van der Waals surface area contributed by atoms with E-state index in [4.69, 9.17) is 9.47 Å². The van der Waals surface area contributed by atoms with Crippen LogP contribution in [0.2, 0.25) is 11.1 Å². The van der Waals surface area contributed by atoms with E-state index in [-0.39, 0.29) is 0 Å². The Bertz CT molecular complexity index is 276. The van der Waals surface area contributed by atoms with Crippen LogP contribution < -0.4 is 5.32 Å². The van der Waals surface area contributed by atoms with E-state index in [1.165, 1.54) is 0 Å². The van der Waals surface area contributed by atoms with Gasteiger partial charge in [-0.3, -0.25) is 0 Å². The molecule has 1 atom stereocenters. The second-order valence-electron chi connectivity index (χ2n) is 4.73. The first-order valence-electron chi connectivity index (χ1n) is 5.95. The molecule has 18 heavy (non-hydrogen) atoms. The average molecular weight is 320 g/mol. The molecular weight excluding hydrogens is 297 g/mol. The molecule has 0 fully saturated rings. The van der Waals surface area contributed by atoms with Crippen molar-refractivity contribution in [3.05, 3.63) is 0 Å². The number of esters is 1. The van der Waals surface area contributed by atoms with Crippen LogP contribution in [0.1, 0.15) is 34.1 Å². The van der Waals surface area contributed by atoms with Crippen molar-refractivity contribution in [2.75, 3.05) is 6.61 Å². The molecule has 0 spiro atoms. The third-order valence-corrected chi connectivity index (χ3v) is 3.22. The second-order valence-corrected chi connectivity index (χ2v) is 6.80. The number of ether oxygens (including phenoxy) is 2. The van der Waals surface area contributed by atoms with Gasteiger partial charge in [0.15, 0.2) is 0 Å². The topological polar surface area (TPSA) is 64.6 Å². The van der Waals surface area contributed by atoms with Gasteiger partial charge in [-0.1, -0.05) is 0 Å². The molecule has 0 saturated carbocycles. The molecule has 0 saturated heterocycles. The van der Waals surface area contributed by atoms with Gasteiger partial charge in [-0.2, -0.15) is 0 Å². The van der Waals surface area contributed by atoms with E-state index in [2.05, 4.69) is 11.1 Å². The number of carbonyl (C=O) groups excluding carboxylic acids is 2. The number of nitrogens with one attached hydrogen (secondary N) is 1. The van der Waals surface area contributed by atoms with Gasteiger partial charge in [0, 0.05) is 0 Å². The first kappa shape index (κ1) is 17.3. The zero-order chi connectivity index (χ0) is 14.2. The van der Waals surface area contributed by atoms with Gasteiger partial charge in [0.25, 0.3) is 0 Å². The molecule has 6 heteroatoms. The van der Waals surface area contributed by atoms with Crippen LogP contribution in [-0.4, -0.2) is 45.3 Å². The maximum atomic E-state index is 11.7. The van der Waals surface area contributed by atoms with Crippen LogP contribution in [0.5, 0.6) is 0 Å². The Morgan fingerprint density at radius 3 is 2.39 bits per heavy atom. The minimum absolute atomic E-state index is 0.308. The molecule has 0 aromatic carbocycles. The molecule has 1 N–H and O–H groups in total. The molecule has 5 nitrogen and oxygen atoms in total. The van der Waals surface area contributed by atoms with Crippen molar-refractivity contribution < 1.29 is 19.1 Å². The quantitative estimate of drug-likeness (QED) is 0.600. The molecule has 0 rings (SSSR count). The van der Waals surface area contributed by atoms with Crippen molar-refractivity contribution in [2.45, 2.75) is 56.9 Å². The molecule has 0 aliphatic rings. The monoisotopic (exact) mass is 320 g/mol. The summed E-state index contributed by atoms with van der Waals surface area (Å²) in [4.78, 5) is 23.3. The van der Waals surface area contributed by atoms with Crippen molar-refractivity contribution in [2.24, 2.45) is 0 Å². The number of hydrogen-bond acceptors (Lipinski definition) is 4. The van der Waals surface area contributed by atoms with Crippen molar-refractivity contribution in [3.63, 3.8) is 0 Å². The van der Waals surface area contributed by atoms with E-state index >= 15 is 0 Å². The summed E-state index contributed by atoms with van der Waals surface area (Å²) < 4.78 is 10.1. The van der Waals surface area contributed by atoms with Gasteiger partial charge >= 0.3 is 115 Å². The predicted octanol–water partition coefficient (Wildman–Crippen LogP) is 2.00. The Labute approximate surface area is 115 Å². The summed E-state index contributed by atoms with van der Waals surface area (Å²) in [6.07, 6.45) is 0.0124. The Balaban J connectivity index is 4.39. The SMILES string of the molecule is CCOC(=O)C(CC[75Se]C)NC(=O)OC(C)(C)C. The fraction of sp³-hybridized carbons (Fsp3) is 0.833. The third-order valence-electron chi connectivity index (χ3n) is 1.87. The van der Waals surface area contributed by atoms with Crippen molar-refractivity contribution in [1.29, 1.82) is 0 Å². The third kappa shape index (κ3) is 8.36. The molecule has 0 aromatic rings. The minimum atomic E-state index is -0.610. The van der Waals surface area contributed by atoms with Crippen LogP contribution in [0, 0.1) is 0 Å². The summed E-state index contributed by atoms with van der Waals surface area (Å²) in [5.41, 5.74) is -0.571. The van der Waals surface area contributed by atoms with Gasteiger partial charge < -0.3 is 0 Å². The van der Waals surface area contributed by atoms with Crippen LogP contribution in [0.15, 0.2) is 0 Å².